The topological polar surface area (TPSA) is 50.4 Å². The van der Waals surface area contributed by atoms with E-state index >= 15 is 0 Å². The number of nitrogens with one attached hydrogen (secondary N) is 2. The highest BCUT2D eigenvalue weighted by atomic mass is 16.5. The molecule has 2 aliphatic rings. The summed E-state index contributed by atoms with van der Waals surface area (Å²) in [5, 5.41) is 6.47. The Morgan fingerprint density at radius 3 is 2.94 bits per heavy atom. The van der Waals surface area contributed by atoms with Crippen LogP contribution in [-0.4, -0.2) is 38.3 Å². The minimum Gasteiger partial charge on any atom is -0.381 e. The van der Waals surface area contributed by atoms with E-state index in [-0.39, 0.29) is 11.8 Å². The maximum atomic E-state index is 11.8. The first kappa shape index (κ1) is 11.9. The lowest BCUT2D eigenvalue weighted by Crippen LogP contribution is -2.45. The summed E-state index contributed by atoms with van der Waals surface area (Å²) in [6, 6.07) is 0.474. The molecule has 16 heavy (non-hydrogen) atoms. The van der Waals surface area contributed by atoms with Crippen molar-refractivity contribution in [1.29, 1.82) is 0 Å². The first-order chi connectivity index (χ1) is 7.86. The monoisotopic (exact) mass is 226 g/mol. The number of ether oxygens (including phenoxy) is 1. The SMILES string of the molecule is O=C(NCC1CCCCN1)C1CCCOC1. The third-order valence-corrected chi connectivity index (χ3v) is 3.47. The van der Waals surface area contributed by atoms with Gasteiger partial charge in [0.05, 0.1) is 12.5 Å². The van der Waals surface area contributed by atoms with Gasteiger partial charge in [0, 0.05) is 19.2 Å². The van der Waals surface area contributed by atoms with Crippen molar-refractivity contribution in [2.24, 2.45) is 5.92 Å². The zero-order chi connectivity index (χ0) is 11.2. The molecule has 2 fully saturated rings. The molecule has 0 spiro atoms. The third kappa shape index (κ3) is 3.46. The van der Waals surface area contributed by atoms with Crippen molar-refractivity contribution in [1.82, 2.24) is 10.6 Å². The van der Waals surface area contributed by atoms with Crippen LogP contribution in [0.2, 0.25) is 0 Å². The van der Waals surface area contributed by atoms with E-state index in [1.54, 1.807) is 0 Å². The highest BCUT2D eigenvalue weighted by Gasteiger charge is 2.22. The van der Waals surface area contributed by atoms with Gasteiger partial charge >= 0.3 is 0 Å². The molecule has 0 radical (unpaired) electrons. The second-order valence-electron chi connectivity index (χ2n) is 4.81. The van der Waals surface area contributed by atoms with Crippen molar-refractivity contribution in [2.45, 2.75) is 38.1 Å². The number of carbonyl (C=O) groups is 1. The van der Waals surface area contributed by atoms with E-state index in [0.29, 0.717) is 12.6 Å². The lowest BCUT2D eigenvalue weighted by Gasteiger charge is -2.26. The molecule has 4 nitrogen and oxygen atoms in total. The molecule has 2 unspecified atom stereocenters. The zero-order valence-corrected chi connectivity index (χ0v) is 9.84. The smallest absolute Gasteiger partial charge is 0.225 e. The lowest BCUT2D eigenvalue weighted by molar-refractivity contribution is -0.129. The van der Waals surface area contributed by atoms with Crippen LogP contribution >= 0.6 is 0 Å². The van der Waals surface area contributed by atoms with Gasteiger partial charge in [-0.15, -0.1) is 0 Å². The Labute approximate surface area is 97.1 Å². The quantitative estimate of drug-likeness (QED) is 0.743. The number of amides is 1. The van der Waals surface area contributed by atoms with E-state index in [0.717, 1.165) is 32.5 Å². The second-order valence-corrected chi connectivity index (χ2v) is 4.81. The molecule has 2 saturated heterocycles. The van der Waals surface area contributed by atoms with E-state index < -0.39 is 0 Å². The van der Waals surface area contributed by atoms with Crippen molar-refractivity contribution in [2.75, 3.05) is 26.3 Å². The predicted molar refractivity (Wildman–Crippen MR) is 62.2 cm³/mol. The van der Waals surface area contributed by atoms with E-state index in [1.807, 2.05) is 0 Å². The first-order valence-corrected chi connectivity index (χ1v) is 6.45. The van der Waals surface area contributed by atoms with E-state index in [2.05, 4.69) is 10.6 Å². The van der Waals surface area contributed by atoms with Crippen LogP contribution < -0.4 is 10.6 Å². The number of hydrogen-bond donors (Lipinski definition) is 2. The summed E-state index contributed by atoms with van der Waals surface area (Å²) in [6.45, 7) is 3.28. The van der Waals surface area contributed by atoms with E-state index in [4.69, 9.17) is 4.74 Å². The molecule has 2 heterocycles. The van der Waals surface area contributed by atoms with Crippen LogP contribution in [0.25, 0.3) is 0 Å². The molecule has 0 bridgehead atoms. The van der Waals surface area contributed by atoms with Crippen LogP contribution in [0.3, 0.4) is 0 Å². The van der Waals surface area contributed by atoms with Gasteiger partial charge in [0.2, 0.25) is 5.91 Å². The van der Waals surface area contributed by atoms with Gasteiger partial charge in [0.15, 0.2) is 0 Å². The van der Waals surface area contributed by atoms with Gasteiger partial charge in [-0.25, -0.2) is 0 Å². The molecular formula is C12H22N2O2. The number of hydrogen-bond acceptors (Lipinski definition) is 3. The molecule has 0 saturated carbocycles. The molecular weight excluding hydrogens is 204 g/mol. The van der Waals surface area contributed by atoms with Crippen LogP contribution in [0.15, 0.2) is 0 Å². The fraction of sp³-hybridized carbons (Fsp3) is 0.917. The highest BCUT2D eigenvalue weighted by Crippen LogP contribution is 2.13. The van der Waals surface area contributed by atoms with Crippen LogP contribution in [0, 0.1) is 5.92 Å². The van der Waals surface area contributed by atoms with E-state index in [1.165, 1.54) is 19.3 Å². The summed E-state index contributed by atoms with van der Waals surface area (Å²) in [6.07, 6.45) is 5.71. The van der Waals surface area contributed by atoms with Gasteiger partial charge in [0.1, 0.15) is 0 Å². The Kier molecular flexibility index (Phi) is 4.60. The van der Waals surface area contributed by atoms with Gasteiger partial charge in [-0.05, 0) is 32.2 Å². The third-order valence-electron chi connectivity index (χ3n) is 3.47. The summed E-state index contributed by atoms with van der Waals surface area (Å²) in [4.78, 5) is 11.8. The Morgan fingerprint density at radius 1 is 1.31 bits per heavy atom. The summed E-state index contributed by atoms with van der Waals surface area (Å²) in [7, 11) is 0. The largest absolute Gasteiger partial charge is 0.381 e. The molecule has 2 aliphatic heterocycles. The molecule has 92 valence electrons. The lowest BCUT2D eigenvalue weighted by atomic mass is 10.0. The van der Waals surface area contributed by atoms with Crippen LogP contribution in [0.1, 0.15) is 32.1 Å². The fourth-order valence-electron chi connectivity index (χ4n) is 2.41. The van der Waals surface area contributed by atoms with Crippen molar-refractivity contribution < 1.29 is 9.53 Å². The van der Waals surface area contributed by atoms with Gasteiger partial charge in [-0.2, -0.15) is 0 Å². The average molecular weight is 226 g/mol. The summed E-state index contributed by atoms with van der Waals surface area (Å²) < 4.78 is 5.32. The van der Waals surface area contributed by atoms with Gasteiger partial charge in [-0.3, -0.25) is 4.79 Å². The Morgan fingerprint density at radius 2 is 2.25 bits per heavy atom. The maximum absolute atomic E-state index is 11.8. The summed E-state index contributed by atoms with van der Waals surface area (Å²) >= 11 is 0. The van der Waals surface area contributed by atoms with Crippen molar-refractivity contribution >= 4 is 5.91 Å². The number of piperidine rings is 1. The molecule has 0 aromatic heterocycles. The van der Waals surface area contributed by atoms with Crippen LogP contribution in [0.4, 0.5) is 0 Å². The van der Waals surface area contributed by atoms with Gasteiger partial charge < -0.3 is 15.4 Å². The molecule has 1 amide bonds. The Hall–Kier alpha value is -0.610. The zero-order valence-electron chi connectivity index (χ0n) is 9.84. The minimum atomic E-state index is 0.0809. The highest BCUT2D eigenvalue weighted by molar-refractivity contribution is 5.78. The first-order valence-electron chi connectivity index (χ1n) is 6.45. The van der Waals surface area contributed by atoms with Crippen molar-refractivity contribution in [3.05, 3.63) is 0 Å². The van der Waals surface area contributed by atoms with Crippen molar-refractivity contribution in [3.63, 3.8) is 0 Å². The van der Waals surface area contributed by atoms with Crippen molar-refractivity contribution in [3.8, 4) is 0 Å². The molecule has 0 aromatic carbocycles. The molecule has 4 heteroatoms. The Bertz CT molecular complexity index is 221. The summed E-state index contributed by atoms with van der Waals surface area (Å²) in [5.74, 6) is 0.254. The standard InChI is InChI=1S/C12H22N2O2/c15-12(10-4-3-7-16-9-10)14-8-11-5-1-2-6-13-11/h10-11,13H,1-9H2,(H,14,15). The predicted octanol–water partition coefficient (Wildman–Crippen LogP) is 0.671. The van der Waals surface area contributed by atoms with E-state index in [9.17, 15) is 4.79 Å². The van der Waals surface area contributed by atoms with Crippen LogP contribution in [-0.2, 0) is 9.53 Å². The number of carbonyl (C=O) groups excluding carboxylic acids is 1. The minimum absolute atomic E-state index is 0.0809. The molecule has 2 rings (SSSR count). The van der Waals surface area contributed by atoms with Gasteiger partial charge in [-0.1, -0.05) is 6.42 Å². The summed E-state index contributed by atoms with van der Waals surface area (Å²) in [5.41, 5.74) is 0. The second kappa shape index (κ2) is 6.21. The molecule has 0 aliphatic carbocycles. The normalized spacial score (nSPS) is 31.0. The van der Waals surface area contributed by atoms with Crippen LogP contribution in [0.5, 0.6) is 0 Å². The maximum Gasteiger partial charge on any atom is 0.225 e. The average Bonchev–Trinajstić information content (AvgIpc) is 2.38. The molecule has 2 atom stereocenters. The fourth-order valence-corrected chi connectivity index (χ4v) is 2.41. The molecule has 2 N–H and O–H groups in total. The van der Waals surface area contributed by atoms with Gasteiger partial charge in [0.25, 0.3) is 0 Å². The Balaban J connectivity index is 1.65. The number of rotatable bonds is 3. The molecule has 0 aromatic rings.